The highest BCUT2D eigenvalue weighted by molar-refractivity contribution is 7.99. The standard InChI is InChI=1S/C13H17N3O2S/c1-9(17)16-11-4-2-10(3-5-11)6-14-13(18)12-7-19-8-15-12/h2-5,12,15H,6-8H2,1H3,(H,14,18)(H,16,17). The van der Waals surface area contributed by atoms with Gasteiger partial charge in [-0.1, -0.05) is 12.1 Å². The van der Waals surface area contributed by atoms with Crippen molar-refractivity contribution in [3.8, 4) is 0 Å². The molecule has 6 heteroatoms. The van der Waals surface area contributed by atoms with Gasteiger partial charge in [0, 0.05) is 30.8 Å². The number of thioether (sulfide) groups is 1. The van der Waals surface area contributed by atoms with E-state index in [9.17, 15) is 9.59 Å². The number of amides is 2. The maximum atomic E-state index is 11.8. The Bertz CT molecular complexity index is 455. The largest absolute Gasteiger partial charge is 0.351 e. The minimum atomic E-state index is -0.0918. The van der Waals surface area contributed by atoms with E-state index < -0.39 is 0 Å². The highest BCUT2D eigenvalue weighted by Crippen LogP contribution is 2.11. The maximum Gasteiger partial charge on any atom is 0.238 e. The van der Waals surface area contributed by atoms with Crippen LogP contribution in [0.2, 0.25) is 0 Å². The van der Waals surface area contributed by atoms with Crippen LogP contribution in [0, 0.1) is 0 Å². The van der Waals surface area contributed by atoms with Gasteiger partial charge in [0.2, 0.25) is 11.8 Å². The summed E-state index contributed by atoms with van der Waals surface area (Å²) in [6, 6.07) is 7.35. The molecule has 1 fully saturated rings. The van der Waals surface area contributed by atoms with E-state index in [1.54, 1.807) is 11.8 Å². The summed E-state index contributed by atoms with van der Waals surface area (Å²) in [5.74, 6) is 1.61. The number of carbonyl (C=O) groups excluding carboxylic acids is 2. The Labute approximate surface area is 116 Å². The Hall–Kier alpha value is -1.53. The van der Waals surface area contributed by atoms with E-state index in [0.717, 1.165) is 22.9 Å². The van der Waals surface area contributed by atoms with Crippen molar-refractivity contribution in [2.45, 2.75) is 19.5 Å². The van der Waals surface area contributed by atoms with Crippen molar-refractivity contribution in [3.05, 3.63) is 29.8 Å². The molecule has 2 amide bonds. The van der Waals surface area contributed by atoms with E-state index in [4.69, 9.17) is 0 Å². The maximum absolute atomic E-state index is 11.8. The molecule has 1 aliphatic rings. The van der Waals surface area contributed by atoms with E-state index in [0.29, 0.717) is 6.54 Å². The molecule has 1 aromatic carbocycles. The number of nitrogens with one attached hydrogen (secondary N) is 3. The van der Waals surface area contributed by atoms with Crippen LogP contribution in [0.3, 0.4) is 0 Å². The molecule has 0 spiro atoms. The molecule has 0 saturated carbocycles. The molecule has 0 aromatic heterocycles. The molecule has 5 nitrogen and oxygen atoms in total. The lowest BCUT2D eigenvalue weighted by atomic mass is 10.2. The summed E-state index contributed by atoms with van der Waals surface area (Å²) >= 11 is 1.73. The van der Waals surface area contributed by atoms with Crippen LogP contribution in [-0.4, -0.2) is 29.5 Å². The van der Waals surface area contributed by atoms with Crippen LogP contribution in [0.4, 0.5) is 5.69 Å². The van der Waals surface area contributed by atoms with E-state index in [-0.39, 0.29) is 17.9 Å². The average molecular weight is 279 g/mol. The van der Waals surface area contributed by atoms with Crippen LogP contribution in [0.15, 0.2) is 24.3 Å². The summed E-state index contributed by atoms with van der Waals surface area (Å²) < 4.78 is 0. The number of anilines is 1. The van der Waals surface area contributed by atoms with Crippen LogP contribution in [0.5, 0.6) is 0 Å². The summed E-state index contributed by atoms with van der Waals surface area (Å²) in [6.07, 6.45) is 0. The minimum absolute atomic E-state index is 0.0379. The summed E-state index contributed by atoms with van der Waals surface area (Å²) in [4.78, 5) is 22.7. The molecular formula is C13H17N3O2S. The third-order valence-electron chi connectivity index (χ3n) is 2.77. The first-order chi connectivity index (χ1) is 9.15. The molecule has 3 N–H and O–H groups in total. The van der Waals surface area contributed by atoms with E-state index in [1.807, 2.05) is 24.3 Å². The Morgan fingerprint density at radius 1 is 1.37 bits per heavy atom. The molecule has 1 aromatic rings. The fourth-order valence-corrected chi connectivity index (χ4v) is 2.73. The molecule has 1 atom stereocenters. The average Bonchev–Trinajstić information content (AvgIpc) is 2.91. The molecule has 0 aliphatic carbocycles. The lowest BCUT2D eigenvalue weighted by Gasteiger charge is -2.10. The fourth-order valence-electron chi connectivity index (χ4n) is 1.79. The monoisotopic (exact) mass is 279 g/mol. The first-order valence-corrected chi connectivity index (χ1v) is 7.26. The molecule has 19 heavy (non-hydrogen) atoms. The van der Waals surface area contributed by atoms with Gasteiger partial charge in [-0.05, 0) is 17.7 Å². The highest BCUT2D eigenvalue weighted by Gasteiger charge is 2.21. The second-order valence-corrected chi connectivity index (χ2v) is 5.40. The van der Waals surface area contributed by atoms with Crippen molar-refractivity contribution in [2.24, 2.45) is 0 Å². The molecule has 1 heterocycles. The van der Waals surface area contributed by atoms with Crippen LogP contribution in [-0.2, 0) is 16.1 Å². The Balaban J connectivity index is 1.82. The number of carbonyl (C=O) groups is 2. The van der Waals surface area contributed by atoms with Gasteiger partial charge in [0.1, 0.15) is 0 Å². The lowest BCUT2D eigenvalue weighted by Crippen LogP contribution is -2.41. The zero-order valence-corrected chi connectivity index (χ0v) is 11.5. The normalized spacial score (nSPS) is 18.1. The van der Waals surface area contributed by atoms with Crippen molar-refractivity contribution in [1.82, 2.24) is 10.6 Å². The molecule has 102 valence electrons. The third-order valence-corrected chi connectivity index (χ3v) is 3.71. The number of benzene rings is 1. The highest BCUT2D eigenvalue weighted by atomic mass is 32.2. The van der Waals surface area contributed by atoms with Crippen LogP contribution >= 0.6 is 11.8 Å². The molecule has 0 bridgehead atoms. The van der Waals surface area contributed by atoms with Gasteiger partial charge in [0.05, 0.1) is 6.04 Å². The summed E-state index contributed by atoms with van der Waals surface area (Å²) in [6.45, 7) is 1.97. The summed E-state index contributed by atoms with van der Waals surface area (Å²) in [5, 5.41) is 8.73. The van der Waals surface area contributed by atoms with Gasteiger partial charge in [-0.3, -0.25) is 14.9 Å². The van der Waals surface area contributed by atoms with Crippen molar-refractivity contribution >= 4 is 29.3 Å². The zero-order chi connectivity index (χ0) is 13.7. The Morgan fingerprint density at radius 3 is 2.68 bits per heavy atom. The molecule has 1 aliphatic heterocycles. The van der Waals surface area contributed by atoms with E-state index in [1.165, 1.54) is 6.92 Å². The number of rotatable bonds is 4. The van der Waals surface area contributed by atoms with Crippen LogP contribution in [0.1, 0.15) is 12.5 Å². The van der Waals surface area contributed by atoms with Gasteiger partial charge in [-0.15, -0.1) is 11.8 Å². The van der Waals surface area contributed by atoms with Crippen molar-refractivity contribution in [3.63, 3.8) is 0 Å². The quantitative estimate of drug-likeness (QED) is 0.766. The number of hydrogen-bond acceptors (Lipinski definition) is 4. The van der Waals surface area contributed by atoms with E-state index >= 15 is 0 Å². The summed E-state index contributed by atoms with van der Waals surface area (Å²) in [5.41, 5.74) is 1.77. The first kappa shape index (κ1) is 13.9. The van der Waals surface area contributed by atoms with Gasteiger partial charge >= 0.3 is 0 Å². The van der Waals surface area contributed by atoms with Crippen molar-refractivity contribution < 1.29 is 9.59 Å². The SMILES string of the molecule is CC(=O)Nc1ccc(CNC(=O)C2CSCN2)cc1. The minimum Gasteiger partial charge on any atom is -0.351 e. The van der Waals surface area contributed by atoms with Gasteiger partial charge < -0.3 is 10.6 Å². The predicted octanol–water partition coefficient (Wildman–Crippen LogP) is 0.924. The molecule has 2 rings (SSSR count). The fraction of sp³-hybridized carbons (Fsp3) is 0.385. The van der Waals surface area contributed by atoms with Crippen molar-refractivity contribution in [2.75, 3.05) is 16.9 Å². The molecule has 0 radical (unpaired) electrons. The Kier molecular flexibility index (Phi) is 4.81. The predicted molar refractivity (Wildman–Crippen MR) is 76.8 cm³/mol. The first-order valence-electron chi connectivity index (χ1n) is 6.10. The summed E-state index contributed by atoms with van der Waals surface area (Å²) in [7, 11) is 0. The lowest BCUT2D eigenvalue weighted by molar-refractivity contribution is -0.122. The second kappa shape index (κ2) is 6.58. The third kappa shape index (κ3) is 4.25. The Morgan fingerprint density at radius 2 is 2.11 bits per heavy atom. The molecule has 1 unspecified atom stereocenters. The van der Waals surface area contributed by atoms with Gasteiger partial charge in [0.25, 0.3) is 0 Å². The van der Waals surface area contributed by atoms with E-state index in [2.05, 4.69) is 16.0 Å². The van der Waals surface area contributed by atoms with Gasteiger partial charge in [-0.25, -0.2) is 0 Å². The van der Waals surface area contributed by atoms with Crippen molar-refractivity contribution in [1.29, 1.82) is 0 Å². The topological polar surface area (TPSA) is 70.2 Å². The van der Waals surface area contributed by atoms with Gasteiger partial charge in [0.15, 0.2) is 0 Å². The van der Waals surface area contributed by atoms with Crippen LogP contribution < -0.4 is 16.0 Å². The van der Waals surface area contributed by atoms with Gasteiger partial charge in [-0.2, -0.15) is 0 Å². The smallest absolute Gasteiger partial charge is 0.238 e. The molecule has 1 saturated heterocycles. The number of hydrogen-bond donors (Lipinski definition) is 3. The molecular weight excluding hydrogens is 262 g/mol. The zero-order valence-electron chi connectivity index (χ0n) is 10.7. The second-order valence-electron chi connectivity index (χ2n) is 4.37. The van der Waals surface area contributed by atoms with Crippen LogP contribution in [0.25, 0.3) is 0 Å².